The molecule has 2 aromatic carbocycles. The fourth-order valence-corrected chi connectivity index (χ4v) is 2.56. The van der Waals surface area contributed by atoms with Crippen molar-refractivity contribution >= 4 is 17.3 Å². The molecule has 0 unspecified atom stereocenters. The minimum Gasteiger partial charge on any atom is -0.359 e. The van der Waals surface area contributed by atoms with Crippen LogP contribution in [0.4, 0.5) is 11.4 Å². The van der Waals surface area contributed by atoms with Gasteiger partial charge in [-0.25, -0.2) is 0 Å². The molecule has 2 N–H and O–H groups in total. The second-order valence-corrected chi connectivity index (χ2v) is 5.70. The number of amides is 1. The largest absolute Gasteiger partial charge is 0.359 e. The molecule has 0 aliphatic carbocycles. The maximum atomic E-state index is 12.4. The molecule has 0 bridgehead atoms. The van der Waals surface area contributed by atoms with Crippen LogP contribution in [0.2, 0.25) is 0 Å². The summed E-state index contributed by atoms with van der Waals surface area (Å²) in [6, 6.07) is 14.7. The molecule has 0 heterocycles. The van der Waals surface area contributed by atoms with Gasteiger partial charge in [0.15, 0.2) is 0 Å². The number of hydrogen-bond donors (Lipinski definition) is 2. The summed E-state index contributed by atoms with van der Waals surface area (Å²) < 4.78 is 0. The van der Waals surface area contributed by atoms with Gasteiger partial charge < -0.3 is 10.6 Å². The van der Waals surface area contributed by atoms with Crippen molar-refractivity contribution in [3.63, 3.8) is 0 Å². The number of benzene rings is 2. The van der Waals surface area contributed by atoms with Crippen LogP contribution in [-0.4, -0.2) is 5.91 Å². The zero-order chi connectivity index (χ0) is 18.4. The van der Waals surface area contributed by atoms with Gasteiger partial charge in [-0.3, -0.25) is 4.79 Å². The smallest absolute Gasteiger partial charge is 0.267 e. The number of carbonyl (C=O) groups is 1. The molecule has 1 amide bonds. The highest BCUT2D eigenvalue weighted by Gasteiger charge is 2.13. The average molecular weight is 330 g/mol. The molecular weight excluding hydrogens is 312 g/mol. The lowest BCUT2D eigenvalue weighted by atomic mass is 10.0. The van der Waals surface area contributed by atoms with Gasteiger partial charge in [-0.05, 0) is 44.0 Å². The van der Waals surface area contributed by atoms with Crippen molar-refractivity contribution in [1.29, 1.82) is 10.5 Å². The maximum Gasteiger partial charge on any atom is 0.267 e. The third-order valence-electron chi connectivity index (χ3n) is 3.70. The lowest BCUT2D eigenvalue weighted by Crippen LogP contribution is -2.16. The molecule has 0 aromatic heterocycles. The van der Waals surface area contributed by atoms with Crippen LogP contribution in [0.5, 0.6) is 0 Å². The van der Waals surface area contributed by atoms with Crippen LogP contribution in [0.3, 0.4) is 0 Å². The number of nitriles is 2. The van der Waals surface area contributed by atoms with Gasteiger partial charge in [0.1, 0.15) is 17.7 Å². The Hall–Kier alpha value is -3.57. The number of hydrogen-bond acceptors (Lipinski definition) is 4. The Morgan fingerprint density at radius 3 is 2.32 bits per heavy atom. The van der Waals surface area contributed by atoms with Crippen LogP contribution < -0.4 is 10.6 Å². The van der Waals surface area contributed by atoms with Crippen molar-refractivity contribution in [2.24, 2.45) is 0 Å². The van der Waals surface area contributed by atoms with Crippen LogP contribution in [0.25, 0.3) is 0 Å². The lowest BCUT2D eigenvalue weighted by molar-refractivity contribution is -0.112. The molecule has 0 fully saturated rings. The molecule has 0 aliphatic heterocycles. The fourth-order valence-electron chi connectivity index (χ4n) is 2.56. The number of rotatable bonds is 4. The molecule has 124 valence electrons. The van der Waals surface area contributed by atoms with E-state index in [9.17, 15) is 10.1 Å². The topological polar surface area (TPSA) is 88.7 Å². The van der Waals surface area contributed by atoms with Gasteiger partial charge in [0.25, 0.3) is 5.91 Å². The summed E-state index contributed by atoms with van der Waals surface area (Å²) >= 11 is 0. The average Bonchev–Trinajstić information content (AvgIpc) is 2.59. The summed E-state index contributed by atoms with van der Waals surface area (Å²) in [7, 11) is 0. The minimum atomic E-state index is -0.500. The molecule has 0 saturated heterocycles. The monoisotopic (exact) mass is 330 g/mol. The molecule has 2 rings (SSSR count). The normalized spacial score (nSPS) is 10.5. The zero-order valence-electron chi connectivity index (χ0n) is 14.3. The number of carbonyl (C=O) groups excluding carboxylic acids is 1. The standard InChI is InChI=1S/C20H18N4O/c1-13-8-14(2)19(15(3)9-13)24-20(25)17(11-22)12-23-18-7-5-4-6-16(18)10-21/h4-9,12,23H,1-3H3,(H,24,25)/b17-12-. The van der Waals surface area contributed by atoms with Gasteiger partial charge in [0, 0.05) is 11.9 Å². The van der Waals surface area contributed by atoms with Gasteiger partial charge in [-0.2, -0.15) is 10.5 Å². The van der Waals surface area contributed by atoms with Gasteiger partial charge in [0.05, 0.1) is 11.3 Å². The molecule has 0 spiro atoms. The summed E-state index contributed by atoms with van der Waals surface area (Å²) in [5, 5.41) is 24.0. The minimum absolute atomic E-state index is 0.0767. The maximum absolute atomic E-state index is 12.4. The quantitative estimate of drug-likeness (QED) is 0.656. The predicted molar refractivity (Wildman–Crippen MR) is 97.8 cm³/mol. The van der Waals surface area contributed by atoms with E-state index in [-0.39, 0.29) is 5.57 Å². The van der Waals surface area contributed by atoms with E-state index in [0.29, 0.717) is 16.9 Å². The first-order valence-corrected chi connectivity index (χ1v) is 7.71. The summed E-state index contributed by atoms with van der Waals surface area (Å²) in [6.07, 6.45) is 1.31. The summed E-state index contributed by atoms with van der Waals surface area (Å²) in [5.41, 5.74) is 4.58. The van der Waals surface area contributed by atoms with Crippen molar-refractivity contribution < 1.29 is 4.79 Å². The predicted octanol–water partition coefficient (Wildman–Crippen LogP) is 3.94. The number of aryl methyl sites for hydroxylation is 3. The van der Waals surface area contributed by atoms with Crippen LogP contribution in [0, 0.1) is 43.4 Å². The summed E-state index contributed by atoms with van der Waals surface area (Å²) in [6.45, 7) is 5.81. The Bertz CT molecular complexity index is 906. The Morgan fingerprint density at radius 1 is 1.08 bits per heavy atom. The van der Waals surface area contributed by atoms with Crippen molar-refractivity contribution in [3.8, 4) is 12.1 Å². The van der Waals surface area contributed by atoms with Gasteiger partial charge in [0.2, 0.25) is 0 Å². The first-order chi connectivity index (χ1) is 12.0. The number of nitrogens with zero attached hydrogens (tertiary/aromatic N) is 2. The summed E-state index contributed by atoms with van der Waals surface area (Å²) in [5.74, 6) is -0.500. The van der Waals surface area contributed by atoms with E-state index in [1.807, 2.05) is 39.0 Å². The Labute approximate surface area is 147 Å². The van der Waals surface area contributed by atoms with E-state index in [1.165, 1.54) is 6.20 Å². The zero-order valence-corrected chi connectivity index (χ0v) is 14.3. The number of anilines is 2. The molecule has 0 aliphatic rings. The summed E-state index contributed by atoms with van der Waals surface area (Å²) in [4.78, 5) is 12.4. The first-order valence-electron chi connectivity index (χ1n) is 7.71. The molecular formula is C20H18N4O. The van der Waals surface area contributed by atoms with Crippen LogP contribution in [-0.2, 0) is 4.79 Å². The van der Waals surface area contributed by atoms with E-state index in [4.69, 9.17) is 5.26 Å². The van der Waals surface area contributed by atoms with Gasteiger partial charge in [-0.15, -0.1) is 0 Å². The Morgan fingerprint density at radius 2 is 1.72 bits per heavy atom. The second-order valence-electron chi connectivity index (χ2n) is 5.70. The third-order valence-corrected chi connectivity index (χ3v) is 3.70. The molecule has 5 nitrogen and oxygen atoms in total. The van der Waals surface area contributed by atoms with E-state index in [0.717, 1.165) is 16.7 Å². The van der Waals surface area contributed by atoms with Crippen molar-refractivity contribution in [2.45, 2.75) is 20.8 Å². The van der Waals surface area contributed by atoms with E-state index in [1.54, 1.807) is 24.3 Å². The van der Waals surface area contributed by atoms with Crippen molar-refractivity contribution in [2.75, 3.05) is 10.6 Å². The first kappa shape index (κ1) is 17.8. The Balaban J connectivity index is 2.22. The highest BCUT2D eigenvalue weighted by Crippen LogP contribution is 2.22. The molecule has 2 aromatic rings. The number of para-hydroxylation sites is 1. The molecule has 0 saturated carbocycles. The van der Waals surface area contributed by atoms with E-state index in [2.05, 4.69) is 16.7 Å². The van der Waals surface area contributed by atoms with E-state index < -0.39 is 5.91 Å². The van der Waals surface area contributed by atoms with Crippen LogP contribution in [0.1, 0.15) is 22.3 Å². The lowest BCUT2D eigenvalue weighted by Gasteiger charge is -2.12. The highest BCUT2D eigenvalue weighted by molar-refractivity contribution is 6.07. The second kappa shape index (κ2) is 7.81. The van der Waals surface area contributed by atoms with Crippen LogP contribution in [0.15, 0.2) is 48.2 Å². The number of nitrogens with one attached hydrogen (secondary N) is 2. The Kier molecular flexibility index (Phi) is 5.55. The van der Waals surface area contributed by atoms with E-state index >= 15 is 0 Å². The van der Waals surface area contributed by atoms with Crippen molar-refractivity contribution in [3.05, 3.63) is 70.4 Å². The highest BCUT2D eigenvalue weighted by atomic mass is 16.1. The van der Waals surface area contributed by atoms with Gasteiger partial charge >= 0.3 is 0 Å². The third kappa shape index (κ3) is 4.25. The van der Waals surface area contributed by atoms with Crippen molar-refractivity contribution in [1.82, 2.24) is 0 Å². The molecule has 25 heavy (non-hydrogen) atoms. The molecule has 5 heteroatoms. The molecule has 0 radical (unpaired) electrons. The van der Waals surface area contributed by atoms with Gasteiger partial charge in [-0.1, -0.05) is 29.8 Å². The SMILES string of the molecule is Cc1cc(C)c(NC(=O)/C(C#N)=C\Nc2ccccc2C#N)c(C)c1. The molecule has 0 atom stereocenters. The van der Waals surface area contributed by atoms with Crippen LogP contribution >= 0.6 is 0 Å². The fraction of sp³-hybridized carbons (Fsp3) is 0.150.